The first-order valence-electron chi connectivity index (χ1n) is 7.22. The summed E-state index contributed by atoms with van der Waals surface area (Å²) in [5.41, 5.74) is 2.89. The predicted octanol–water partition coefficient (Wildman–Crippen LogP) is 3.02. The van der Waals surface area contributed by atoms with Crippen LogP contribution in [0.1, 0.15) is 48.8 Å². The molecule has 3 aromatic rings. The van der Waals surface area contributed by atoms with Gasteiger partial charge in [0.2, 0.25) is 5.65 Å². The topological polar surface area (TPSA) is 68.0 Å². The van der Waals surface area contributed by atoms with Crippen LogP contribution in [0.25, 0.3) is 5.65 Å². The minimum Gasteiger partial charge on any atom is -0.373 e. The van der Waals surface area contributed by atoms with E-state index in [-0.39, 0.29) is 6.04 Å². The summed E-state index contributed by atoms with van der Waals surface area (Å²) >= 11 is 1.67. The second-order valence-electron chi connectivity index (χ2n) is 5.33. The summed E-state index contributed by atoms with van der Waals surface area (Å²) in [6, 6.07) is 2.32. The smallest absolute Gasteiger partial charge is 0.200 e. The zero-order valence-corrected chi connectivity index (χ0v) is 12.5. The molecule has 7 heteroatoms. The number of aromatic nitrogens is 5. The Hall–Kier alpha value is -2.02. The molecule has 21 heavy (non-hydrogen) atoms. The monoisotopic (exact) mass is 300 g/mol. The van der Waals surface area contributed by atoms with Crippen molar-refractivity contribution in [3.05, 3.63) is 34.7 Å². The van der Waals surface area contributed by atoms with Crippen LogP contribution in [-0.2, 0) is 0 Å². The molecule has 0 aliphatic heterocycles. The van der Waals surface area contributed by atoms with Crippen LogP contribution >= 0.6 is 11.3 Å². The van der Waals surface area contributed by atoms with Crippen LogP contribution in [0.5, 0.6) is 0 Å². The molecule has 0 bridgehead atoms. The first kappa shape index (κ1) is 12.7. The third kappa shape index (κ3) is 2.37. The van der Waals surface area contributed by atoms with E-state index >= 15 is 0 Å². The maximum atomic E-state index is 4.59. The van der Waals surface area contributed by atoms with Gasteiger partial charge in [-0.2, -0.15) is 9.61 Å². The van der Waals surface area contributed by atoms with Crippen molar-refractivity contribution in [2.24, 2.45) is 0 Å². The number of anilines is 1. The van der Waals surface area contributed by atoms with Gasteiger partial charge in [-0.05, 0) is 25.3 Å². The van der Waals surface area contributed by atoms with Gasteiger partial charge in [-0.15, -0.1) is 21.5 Å². The van der Waals surface area contributed by atoms with Crippen LogP contribution in [0.4, 0.5) is 5.69 Å². The first-order valence-corrected chi connectivity index (χ1v) is 8.10. The normalized spacial score (nSPS) is 16.2. The zero-order valence-electron chi connectivity index (χ0n) is 11.7. The van der Waals surface area contributed by atoms with Crippen molar-refractivity contribution in [3.8, 4) is 0 Å². The molecule has 1 atom stereocenters. The van der Waals surface area contributed by atoms with Crippen molar-refractivity contribution >= 4 is 22.7 Å². The number of hydrogen-bond acceptors (Lipinski definition) is 6. The lowest BCUT2D eigenvalue weighted by Crippen LogP contribution is -2.11. The summed E-state index contributed by atoms with van der Waals surface area (Å²) in [7, 11) is 0. The molecule has 1 N–H and O–H groups in total. The number of nitrogens with one attached hydrogen (secondary N) is 1. The van der Waals surface area contributed by atoms with Gasteiger partial charge in [0, 0.05) is 17.5 Å². The Morgan fingerprint density at radius 2 is 2.38 bits per heavy atom. The Balaban J connectivity index is 1.72. The van der Waals surface area contributed by atoms with E-state index < -0.39 is 0 Å². The Morgan fingerprint density at radius 1 is 1.48 bits per heavy atom. The zero-order chi connectivity index (χ0) is 14.2. The molecule has 0 spiro atoms. The van der Waals surface area contributed by atoms with Gasteiger partial charge in [0.05, 0.1) is 17.4 Å². The molecule has 1 aliphatic rings. The van der Waals surface area contributed by atoms with Gasteiger partial charge in [-0.25, -0.2) is 4.98 Å². The van der Waals surface area contributed by atoms with Crippen LogP contribution in [0, 0.1) is 0 Å². The summed E-state index contributed by atoms with van der Waals surface area (Å²) in [6.45, 7) is 2.16. The molecule has 4 rings (SSSR count). The summed E-state index contributed by atoms with van der Waals surface area (Å²) < 4.78 is 1.77. The largest absolute Gasteiger partial charge is 0.373 e. The van der Waals surface area contributed by atoms with Gasteiger partial charge in [0.1, 0.15) is 11.3 Å². The van der Waals surface area contributed by atoms with Crippen LogP contribution in [0.2, 0.25) is 0 Å². The number of nitrogens with zero attached hydrogens (tertiary/aromatic N) is 5. The molecular formula is C14H16N6S. The third-order valence-electron chi connectivity index (χ3n) is 3.77. The second kappa shape index (κ2) is 5.07. The average molecular weight is 300 g/mol. The van der Waals surface area contributed by atoms with E-state index in [1.165, 1.54) is 12.8 Å². The average Bonchev–Trinajstić information content (AvgIpc) is 3.01. The molecule has 0 amide bonds. The van der Waals surface area contributed by atoms with E-state index in [4.69, 9.17) is 0 Å². The number of rotatable bonds is 5. The number of fused-ring (bicyclic) bond motifs is 1. The van der Waals surface area contributed by atoms with Crippen LogP contribution < -0.4 is 5.32 Å². The molecule has 3 heterocycles. The standard InChI is InChI=1S/C14H16N6S/c1-2-10(14-15-5-6-21-14)17-12-7-11(9-3-4-9)19-20-8-16-18-13(12)20/h5-10,17H,2-4H2,1H3. The minimum absolute atomic E-state index is 0.194. The van der Waals surface area contributed by atoms with E-state index in [0.29, 0.717) is 5.92 Å². The fraction of sp³-hybridized carbons (Fsp3) is 0.429. The summed E-state index contributed by atoms with van der Waals surface area (Å²) in [5.74, 6) is 0.595. The van der Waals surface area contributed by atoms with Crippen molar-refractivity contribution in [1.82, 2.24) is 24.8 Å². The van der Waals surface area contributed by atoms with E-state index in [9.17, 15) is 0 Å². The highest BCUT2D eigenvalue weighted by Gasteiger charge is 2.27. The van der Waals surface area contributed by atoms with Crippen molar-refractivity contribution < 1.29 is 0 Å². The Bertz CT molecular complexity index is 746. The van der Waals surface area contributed by atoms with Gasteiger partial charge in [0.25, 0.3) is 0 Å². The Morgan fingerprint density at radius 3 is 3.10 bits per heavy atom. The van der Waals surface area contributed by atoms with E-state index in [0.717, 1.165) is 28.5 Å². The molecular weight excluding hydrogens is 284 g/mol. The summed E-state index contributed by atoms with van der Waals surface area (Å²) in [5, 5.41) is 19.4. The maximum absolute atomic E-state index is 4.59. The molecule has 1 saturated carbocycles. The molecule has 0 saturated heterocycles. The quantitative estimate of drug-likeness (QED) is 0.784. The van der Waals surface area contributed by atoms with Crippen LogP contribution in [0.15, 0.2) is 24.0 Å². The molecule has 1 fully saturated rings. The van der Waals surface area contributed by atoms with Crippen LogP contribution in [0.3, 0.4) is 0 Å². The van der Waals surface area contributed by atoms with E-state index in [1.54, 1.807) is 22.2 Å². The first-order chi connectivity index (χ1) is 10.3. The molecule has 0 radical (unpaired) electrons. The SMILES string of the molecule is CCC(Nc1cc(C2CC2)nn2cnnc12)c1nccs1. The second-order valence-corrected chi connectivity index (χ2v) is 6.26. The fourth-order valence-electron chi connectivity index (χ4n) is 2.46. The van der Waals surface area contributed by atoms with Crippen molar-refractivity contribution in [1.29, 1.82) is 0 Å². The molecule has 1 unspecified atom stereocenters. The number of thiazole rings is 1. The van der Waals surface area contributed by atoms with Crippen molar-refractivity contribution in [2.75, 3.05) is 5.32 Å². The Labute approximate surface area is 126 Å². The number of hydrogen-bond donors (Lipinski definition) is 1. The summed E-state index contributed by atoms with van der Waals surface area (Å²) in [6.07, 6.45) is 6.93. The van der Waals surface area contributed by atoms with Gasteiger partial charge >= 0.3 is 0 Å². The lowest BCUT2D eigenvalue weighted by Gasteiger charge is -2.16. The highest BCUT2D eigenvalue weighted by molar-refractivity contribution is 7.09. The van der Waals surface area contributed by atoms with Gasteiger partial charge in [-0.1, -0.05) is 6.92 Å². The highest BCUT2D eigenvalue weighted by atomic mass is 32.1. The molecule has 0 aromatic carbocycles. The lowest BCUT2D eigenvalue weighted by molar-refractivity contribution is 0.739. The molecule has 6 nitrogen and oxygen atoms in total. The van der Waals surface area contributed by atoms with Crippen LogP contribution in [-0.4, -0.2) is 24.8 Å². The van der Waals surface area contributed by atoms with Gasteiger partial charge < -0.3 is 5.32 Å². The summed E-state index contributed by atoms with van der Waals surface area (Å²) in [4.78, 5) is 4.42. The molecule has 3 aromatic heterocycles. The fourth-order valence-corrected chi connectivity index (χ4v) is 3.24. The van der Waals surface area contributed by atoms with Crippen molar-refractivity contribution in [3.63, 3.8) is 0 Å². The predicted molar refractivity (Wildman–Crippen MR) is 81.5 cm³/mol. The van der Waals surface area contributed by atoms with Gasteiger partial charge in [0.15, 0.2) is 0 Å². The highest BCUT2D eigenvalue weighted by Crippen LogP contribution is 2.40. The lowest BCUT2D eigenvalue weighted by atomic mass is 10.2. The molecule has 1 aliphatic carbocycles. The maximum Gasteiger partial charge on any atom is 0.200 e. The van der Waals surface area contributed by atoms with Gasteiger partial charge in [-0.3, -0.25) is 0 Å². The molecule has 108 valence electrons. The third-order valence-corrected chi connectivity index (χ3v) is 4.66. The van der Waals surface area contributed by atoms with E-state index in [1.807, 2.05) is 11.6 Å². The van der Waals surface area contributed by atoms with Crippen molar-refractivity contribution in [2.45, 2.75) is 38.1 Å². The minimum atomic E-state index is 0.194. The van der Waals surface area contributed by atoms with E-state index in [2.05, 4.69) is 38.6 Å². The Kier molecular flexibility index (Phi) is 3.07.